The maximum absolute atomic E-state index is 12.8. The third kappa shape index (κ3) is 5.37. The molecule has 4 atom stereocenters. The summed E-state index contributed by atoms with van der Waals surface area (Å²) in [6, 6.07) is 1.64. The minimum absolute atomic E-state index is 0.0568. The summed E-state index contributed by atoms with van der Waals surface area (Å²) in [7, 11) is -5.68. The fourth-order valence-corrected chi connectivity index (χ4v) is 17.1. The molecule has 0 saturated carbocycles. The fourth-order valence-electron chi connectivity index (χ4n) is 5.93. The van der Waals surface area contributed by atoms with E-state index in [4.69, 9.17) is 17.7 Å². The van der Waals surface area contributed by atoms with E-state index in [1.165, 1.54) is 0 Å². The number of carbonyl (C=O) groups is 1. The van der Waals surface area contributed by atoms with Gasteiger partial charge >= 0.3 is 17.1 Å². The van der Waals surface area contributed by atoms with Crippen LogP contribution in [-0.2, 0) is 22.5 Å². The van der Waals surface area contributed by atoms with Crippen LogP contribution in [0, 0.1) is 5.92 Å². The van der Waals surface area contributed by atoms with E-state index < -0.39 is 47.1 Å². The van der Waals surface area contributed by atoms with Crippen LogP contribution in [0.25, 0.3) is 11.0 Å². The van der Waals surface area contributed by atoms with E-state index >= 15 is 0 Å². The second-order valence-electron chi connectivity index (χ2n) is 12.7. The molecule has 4 N–H and O–H groups in total. The minimum Gasteiger partial charge on any atom is -0.414 e. The number of H-pyrrole nitrogens is 2. The average Bonchev–Trinajstić information content (AvgIpc) is 3.39. The molecule has 2 aliphatic heterocycles. The average molecular weight is 595 g/mol. The highest BCUT2D eigenvalue weighted by atomic mass is 28.5. The Balaban J connectivity index is 1.72. The molecule has 2 aromatic heterocycles. The summed E-state index contributed by atoms with van der Waals surface area (Å²) in [6.45, 7) is 20.9. The van der Waals surface area contributed by atoms with Crippen molar-refractivity contribution in [2.45, 2.75) is 116 Å². The number of aromatic nitrogens is 3. The van der Waals surface area contributed by atoms with Gasteiger partial charge in [-0.1, -0.05) is 69.2 Å². The molecule has 13 heteroatoms. The predicted octanol–water partition coefficient (Wildman–Crippen LogP) is 4.60. The molecule has 2 aromatic rings. The van der Waals surface area contributed by atoms with Crippen LogP contribution in [0.5, 0.6) is 0 Å². The van der Waals surface area contributed by atoms with Crippen LogP contribution < -0.4 is 10.9 Å². The molecule has 224 valence electrons. The number of carbonyl (C=O) groups excluding carboxylic acids is 1. The number of fused-ring (bicyclic) bond motifs is 2. The third-order valence-corrected chi connectivity index (χ3v) is 18.5. The SMILES string of the molecule is CC(C)C(=O)Nc1nc2[nH]c([C@@H]3O[C@@H]4CO[Si](C(C)C)(C(C)C)O[Si](C(C)C)(C(C)C)O[C@H]4[C@H]3O)cc2c(=O)[nH]1. The normalized spacial score (nSPS) is 26.6. The Kier molecular flexibility index (Phi) is 8.87. The Hall–Kier alpha value is -1.88. The molecular formula is C27H46N4O7Si2. The van der Waals surface area contributed by atoms with Gasteiger partial charge in [0.25, 0.3) is 5.56 Å². The molecule has 11 nitrogen and oxygen atoms in total. The number of nitrogens with one attached hydrogen (secondary N) is 3. The number of hydrogen-bond acceptors (Lipinski definition) is 8. The first-order valence-corrected chi connectivity index (χ1v) is 18.4. The Morgan fingerprint density at radius 2 is 1.60 bits per heavy atom. The van der Waals surface area contributed by atoms with Gasteiger partial charge in [0.1, 0.15) is 30.1 Å². The molecule has 1 amide bonds. The maximum Gasteiger partial charge on any atom is 0.335 e. The van der Waals surface area contributed by atoms with Crippen molar-refractivity contribution >= 4 is 40.0 Å². The van der Waals surface area contributed by atoms with Crippen LogP contribution in [0.1, 0.15) is 81.0 Å². The number of aromatic amines is 2. The van der Waals surface area contributed by atoms with Crippen molar-refractivity contribution in [3.05, 3.63) is 22.1 Å². The van der Waals surface area contributed by atoms with Crippen molar-refractivity contribution in [3.8, 4) is 0 Å². The Morgan fingerprint density at radius 3 is 2.15 bits per heavy atom. The van der Waals surface area contributed by atoms with Crippen molar-refractivity contribution in [1.82, 2.24) is 15.0 Å². The molecule has 2 aliphatic rings. The van der Waals surface area contributed by atoms with E-state index in [9.17, 15) is 14.7 Å². The van der Waals surface area contributed by atoms with Crippen LogP contribution in [0.3, 0.4) is 0 Å². The van der Waals surface area contributed by atoms with Gasteiger partial charge in [-0.25, -0.2) is 0 Å². The van der Waals surface area contributed by atoms with Gasteiger partial charge in [0.15, 0.2) is 0 Å². The predicted molar refractivity (Wildman–Crippen MR) is 158 cm³/mol. The molecule has 4 heterocycles. The number of nitrogens with zero attached hydrogens (tertiary/aromatic N) is 1. The first-order chi connectivity index (χ1) is 18.6. The summed E-state index contributed by atoms with van der Waals surface area (Å²) in [4.78, 5) is 35.1. The molecule has 0 aromatic carbocycles. The van der Waals surface area contributed by atoms with Crippen molar-refractivity contribution in [2.24, 2.45) is 5.92 Å². The molecule has 4 rings (SSSR count). The zero-order valence-electron chi connectivity index (χ0n) is 25.3. The number of rotatable bonds is 7. The van der Waals surface area contributed by atoms with Crippen LogP contribution >= 0.6 is 0 Å². The van der Waals surface area contributed by atoms with Gasteiger partial charge in [-0.15, -0.1) is 0 Å². The lowest BCUT2D eigenvalue weighted by Crippen LogP contribution is -2.65. The van der Waals surface area contributed by atoms with E-state index in [0.29, 0.717) is 11.1 Å². The number of anilines is 1. The van der Waals surface area contributed by atoms with E-state index in [1.807, 2.05) is 0 Å². The monoisotopic (exact) mass is 594 g/mol. The van der Waals surface area contributed by atoms with Crippen molar-refractivity contribution in [3.63, 3.8) is 0 Å². The minimum atomic E-state index is -2.93. The summed E-state index contributed by atoms with van der Waals surface area (Å²) in [6.07, 6.45) is -3.00. The fraction of sp³-hybridized carbons (Fsp3) is 0.741. The molecule has 2 fully saturated rings. The van der Waals surface area contributed by atoms with Gasteiger partial charge in [0, 0.05) is 11.6 Å². The summed E-state index contributed by atoms with van der Waals surface area (Å²) in [5.41, 5.74) is 0.988. The summed E-state index contributed by atoms with van der Waals surface area (Å²) in [5.74, 6) is -0.475. The summed E-state index contributed by atoms with van der Waals surface area (Å²) < 4.78 is 27.4. The van der Waals surface area contributed by atoms with Crippen LogP contribution in [-0.4, -0.2) is 68.0 Å². The van der Waals surface area contributed by atoms with Crippen molar-refractivity contribution in [2.75, 3.05) is 11.9 Å². The molecule has 0 radical (unpaired) electrons. The zero-order valence-corrected chi connectivity index (χ0v) is 27.3. The highest BCUT2D eigenvalue weighted by molar-refractivity contribution is 6.84. The van der Waals surface area contributed by atoms with Crippen LogP contribution in [0.2, 0.25) is 22.2 Å². The second kappa shape index (κ2) is 11.4. The quantitative estimate of drug-likeness (QED) is 0.340. The number of ether oxygens (including phenoxy) is 1. The van der Waals surface area contributed by atoms with Gasteiger partial charge in [-0.3, -0.25) is 19.9 Å². The highest BCUT2D eigenvalue weighted by Gasteiger charge is 2.61. The van der Waals surface area contributed by atoms with Gasteiger partial charge in [-0.2, -0.15) is 4.98 Å². The molecule has 0 unspecified atom stereocenters. The second-order valence-corrected chi connectivity index (χ2v) is 21.5. The molecule has 0 aliphatic carbocycles. The Labute approximate surface area is 238 Å². The third-order valence-electron chi connectivity index (χ3n) is 8.26. The summed E-state index contributed by atoms with van der Waals surface area (Å²) >= 11 is 0. The number of aliphatic hydroxyl groups excluding tert-OH is 1. The Morgan fingerprint density at radius 1 is 1.00 bits per heavy atom. The molecule has 40 heavy (non-hydrogen) atoms. The molecule has 0 bridgehead atoms. The maximum atomic E-state index is 12.8. The van der Waals surface area contributed by atoms with Crippen molar-refractivity contribution in [1.29, 1.82) is 0 Å². The first kappa shape index (κ1) is 31.1. The van der Waals surface area contributed by atoms with E-state index in [-0.39, 0.29) is 52.2 Å². The Bertz CT molecular complexity index is 1260. The lowest BCUT2D eigenvalue weighted by Gasteiger charge is -2.51. The van der Waals surface area contributed by atoms with Gasteiger partial charge in [0.2, 0.25) is 11.9 Å². The molecular weight excluding hydrogens is 548 g/mol. The van der Waals surface area contributed by atoms with E-state index in [1.54, 1.807) is 19.9 Å². The van der Waals surface area contributed by atoms with E-state index in [2.05, 4.69) is 75.7 Å². The van der Waals surface area contributed by atoms with Gasteiger partial charge < -0.3 is 27.8 Å². The highest BCUT2D eigenvalue weighted by Crippen LogP contribution is 2.48. The smallest absolute Gasteiger partial charge is 0.335 e. The largest absolute Gasteiger partial charge is 0.414 e. The lowest BCUT2D eigenvalue weighted by atomic mass is 10.1. The van der Waals surface area contributed by atoms with Gasteiger partial charge in [0.05, 0.1) is 12.0 Å². The van der Waals surface area contributed by atoms with Crippen LogP contribution in [0.4, 0.5) is 5.95 Å². The van der Waals surface area contributed by atoms with Gasteiger partial charge in [-0.05, 0) is 28.2 Å². The van der Waals surface area contributed by atoms with Crippen LogP contribution in [0.15, 0.2) is 10.9 Å². The number of hydrogen-bond donors (Lipinski definition) is 4. The standard InChI is InChI=1S/C27H46N4O7Si2/c1-13(2)25(33)30-27-29-24-18(26(34)31-27)11-19(28-24)22-21(32)23-20(36-22)12-35-39(14(3)4,15(5)6)38-40(37-23,16(7)8)17(9)10/h11,13-17,20-23,32H,12H2,1-10H3,(H3,28,29,30,31,33,34)/t20-,21+,22+,23-/m1/s1. The first-order valence-electron chi connectivity index (χ1n) is 14.4. The number of amides is 1. The topological polar surface area (TPSA) is 148 Å². The van der Waals surface area contributed by atoms with E-state index in [0.717, 1.165) is 0 Å². The lowest BCUT2D eigenvalue weighted by molar-refractivity contribution is -0.118. The molecule has 2 saturated heterocycles. The number of aliphatic hydroxyl groups is 1. The zero-order chi connectivity index (χ0) is 29.7. The molecule has 0 spiro atoms. The summed E-state index contributed by atoms with van der Waals surface area (Å²) in [5, 5.41) is 14.5. The van der Waals surface area contributed by atoms with Crippen molar-refractivity contribution < 1.29 is 27.6 Å².